The predicted octanol–water partition coefficient (Wildman–Crippen LogP) is 2.25. The van der Waals surface area contributed by atoms with E-state index in [0.29, 0.717) is 10.8 Å². The van der Waals surface area contributed by atoms with E-state index in [1.54, 1.807) is 24.3 Å². The van der Waals surface area contributed by atoms with Gasteiger partial charge in [0.2, 0.25) is 0 Å². The largest absolute Gasteiger partial charge is 0.491 e. The third-order valence-electron chi connectivity index (χ3n) is 1.14. The van der Waals surface area contributed by atoms with Crippen LogP contribution >= 0.6 is 11.6 Å². The highest BCUT2D eigenvalue weighted by molar-refractivity contribution is 6.30. The van der Waals surface area contributed by atoms with Crippen LogP contribution < -0.4 is 4.74 Å². The molecule has 0 unspecified atom stereocenters. The quantitative estimate of drug-likeness (QED) is 0.756. The van der Waals surface area contributed by atoms with E-state index in [1.165, 1.54) is 0 Å². The third kappa shape index (κ3) is 2.78. The van der Waals surface area contributed by atoms with Crippen molar-refractivity contribution < 1.29 is 9.84 Å². The molecule has 0 saturated heterocycles. The van der Waals surface area contributed by atoms with Gasteiger partial charge in [-0.25, -0.2) is 0 Å². The van der Waals surface area contributed by atoms with E-state index in [0.717, 1.165) is 6.61 Å². The van der Waals surface area contributed by atoms with E-state index < -0.39 is 0 Å². The summed E-state index contributed by atoms with van der Waals surface area (Å²) in [7, 11) is 0. The number of aliphatic hydroxyl groups is 1. The first-order valence-electron chi connectivity index (χ1n) is 3.17. The van der Waals surface area contributed by atoms with Crippen molar-refractivity contribution in [2.45, 2.75) is 0 Å². The number of rotatable bonds is 3. The molecule has 1 rings (SSSR count). The Kier molecular flexibility index (Phi) is 3.20. The molecular formula is C8H8ClO2. The predicted molar refractivity (Wildman–Crippen MR) is 43.2 cm³/mol. The molecule has 1 radical (unpaired) electrons. The van der Waals surface area contributed by atoms with Gasteiger partial charge in [0.05, 0.1) is 0 Å². The summed E-state index contributed by atoms with van der Waals surface area (Å²) >= 11 is 5.63. The van der Waals surface area contributed by atoms with Crippen LogP contribution in [0, 0.1) is 6.61 Å². The van der Waals surface area contributed by atoms with Crippen molar-refractivity contribution in [3.63, 3.8) is 0 Å². The summed E-state index contributed by atoms with van der Waals surface area (Å²) in [5.41, 5.74) is 0. The van der Waals surface area contributed by atoms with Gasteiger partial charge in [-0.2, -0.15) is 0 Å². The average molecular weight is 172 g/mol. The highest BCUT2D eigenvalue weighted by Gasteiger charge is 1.91. The first kappa shape index (κ1) is 8.37. The Bertz CT molecular complexity index is 208. The maximum absolute atomic E-state index is 8.31. The molecule has 1 aromatic rings. The molecule has 3 heteroatoms. The van der Waals surface area contributed by atoms with Crippen molar-refractivity contribution in [1.29, 1.82) is 0 Å². The second-order valence-corrected chi connectivity index (χ2v) is 2.38. The Balaban J connectivity index is 2.52. The molecule has 0 bridgehead atoms. The topological polar surface area (TPSA) is 29.5 Å². The van der Waals surface area contributed by atoms with Gasteiger partial charge >= 0.3 is 0 Å². The SMILES string of the molecule is O[CH]COc1ccc(Cl)cc1. The number of hydrogen-bond donors (Lipinski definition) is 1. The van der Waals surface area contributed by atoms with Crippen LogP contribution in [-0.4, -0.2) is 11.7 Å². The molecule has 0 fully saturated rings. The Morgan fingerprint density at radius 1 is 1.36 bits per heavy atom. The Morgan fingerprint density at radius 3 is 2.55 bits per heavy atom. The molecule has 0 aliphatic rings. The maximum atomic E-state index is 8.31. The van der Waals surface area contributed by atoms with Crippen LogP contribution in [0.15, 0.2) is 24.3 Å². The van der Waals surface area contributed by atoms with Crippen LogP contribution in [0.1, 0.15) is 0 Å². The lowest BCUT2D eigenvalue weighted by atomic mass is 10.3. The highest BCUT2D eigenvalue weighted by atomic mass is 35.5. The molecule has 1 N–H and O–H groups in total. The minimum Gasteiger partial charge on any atom is -0.491 e. The lowest BCUT2D eigenvalue weighted by Crippen LogP contribution is -1.96. The fraction of sp³-hybridized carbons (Fsp3) is 0.125. The molecule has 11 heavy (non-hydrogen) atoms. The zero-order valence-corrected chi connectivity index (χ0v) is 6.58. The second-order valence-electron chi connectivity index (χ2n) is 1.95. The van der Waals surface area contributed by atoms with Gasteiger partial charge in [-0.3, -0.25) is 0 Å². The summed E-state index contributed by atoms with van der Waals surface area (Å²) in [4.78, 5) is 0. The van der Waals surface area contributed by atoms with E-state index >= 15 is 0 Å². The second kappa shape index (κ2) is 4.21. The van der Waals surface area contributed by atoms with Gasteiger partial charge in [-0.05, 0) is 24.3 Å². The number of ether oxygens (including phenoxy) is 1. The number of benzene rings is 1. The molecular weight excluding hydrogens is 164 g/mol. The summed E-state index contributed by atoms with van der Waals surface area (Å²) < 4.78 is 5.05. The Morgan fingerprint density at radius 2 is 2.00 bits per heavy atom. The minimum absolute atomic E-state index is 0.196. The summed E-state index contributed by atoms with van der Waals surface area (Å²) in [6.45, 7) is 1.15. The maximum Gasteiger partial charge on any atom is 0.119 e. The first-order valence-corrected chi connectivity index (χ1v) is 3.55. The average Bonchev–Trinajstić information content (AvgIpc) is 2.04. The van der Waals surface area contributed by atoms with Gasteiger partial charge in [0.1, 0.15) is 19.0 Å². The number of halogens is 1. The van der Waals surface area contributed by atoms with Crippen LogP contribution in [0.4, 0.5) is 0 Å². The van der Waals surface area contributed by atoms with Gasteiger partial charge in [-0.15, -0.1) is 0 Å². The molecule has 0 atom stereocenters. The lowest BCUT2D eigenvalue weighted by Gasteiger charge is -2.01. The van der Waals surface area contributed by atoms with Gasteiger partial charge in [0.25, 0.3) is 0 Å². The molecule has 0 amide bonds. The van der Waals surface area contributed by atoms with E-state index in [9.17, 15) is 0 Å². The van der Waals surface area contributed by atoms with Crippen LogP contribution in [0.5, 0.6) is 5.75 Å². The summed E-state index contributed by atoms with van der Waals surface area (Å²) in [5, 5.41) is 8.98. The van der Waals surface area contributed by atoms with Crippen molar-refractivity contribution in [3.8, 4) is 5.75 Å². The van der Waals surface area contributed by atoms with Crippen molar-refractivity contribution in [3.05, 3.63) is 35.9 Å². The number of aliphatic hydroxyl groups excluding tert-OH is 1. The molecule has 0 aromatic heterocycles. The van der Waals surface area contributed by atoms with Crippen LogP contribution in [0.3, 0.4) is 0 Å². The Labute approximate surface area is 70.4 Å². The minimum atomic E-state index is 0.196. The van der Waals surface area contributed by atoms with Crippen molar-refractivity contribution in [2.75, 3.05) is 6.61 Å². The van der Waals surface area contributed by atoms with Crippen LogP contribution in [0.25, 0.3) is 0 Å². The third-order valence-corrected chi connectivity index (χ3v) is 1.39. The first-order chi connectivity index (χ1) is 5.33. The molecule has 0 aliphatic heterocycles. The highest BCUT2D eigenvalue weighted by Crippen LogP contribution is 2.15. The molecule has 0 aliphatic carbocycles. The Hall–Kier alpha value is -0.730. The van der Waals surface area contributed by atoms with Crippen LogP contribution in [0.2, 0.25) is 5.02 Å². The molecule has 2 nitrogen and oxygen atoms in total. The van der Waals surface area contributed by atoms with Gasteiger partial charge in [-0.1, -0.05) is 11.6 Å². The molecule has 1 aromatic carbocycles. The fourth-order valence-corrected chi connectivity index (χ4v) is 0.790. The van der Waals surface area contributed by atoms with Crippen molar-refractivity contribution in [1.82, 2.24) is 0 Å². The molecule has 59 valence electrons. The smallest absolute Gasteiger partial charge is 0.119 e. The molecule has 0 heterocycles. The van der Waals surface area contributed by atoms with E-state index in [4.69, 9.17) is 21.4 Å². The summed E-state index contributed by atoms with van der Waals surface area (Å²) in [6.07, 6.45) is 0. The van der Waals surface area contributed by atoms with Crippen molar-refractivity contribution >= 4 is 11.6 Å². The summed E-state index contributed by atoms with van der Waals surface area (Å²) in [6, 6.07) is 6.94. The van der Waals surface area contributed by atoms with E-state index in [1.807, 2.05) is 0 Å². The monoisotopic (exact) mass is 171 g/mol. The molecule has 0 saturated carbocycles. The number of hydrogen-bond acceptors (Lipinski definition) is 2. The van der Waals surface area contributed by atoms with Crippen molar-refractivity contribution in [2.24, 2.45) is 0 Å². The van der Waals surface area contributed by atoms with Gasteiger partial charge in [0, 0.05) is 5.02 Å². The fourth-order valence-electron chi connectivity index (χ4n) is 0.664. The lowest BCUT2D eigenvalue weighted by molar-refractivity contribution is 0.261. The van der Waals surface area contributed by atoms with E-state index in [-0.39, 0.29) is 6.61 Å². The normalized spacial score (nSPS) is 9.64. The standard InChI is InChI=1S/C8H8ClO2/c9-7-1-3-8(4-2-7)11-6-5-10/h1-5,10H,6H2. The zero-order valence-electron chi connectivity index (χ0n) is 5.83. The van der Waals surface area contributed by atoms with Crippen LogP contribution in [-0.2, 0) is 0 Å². The zero-order chi connectivity index (χ0) is 8.10. The van der Waals surface area contributed by atoms with Gasteiger partial charge < -0.3 is 9.84 Å². The molecule has 0 spiro atoms. The van der Waals surface area contributed by atoms with Gasteiger partial charge in [0.15, 0.2) is 0 Å². The van der Waals surface area contributed by atoms with E-state index in [2.05, 4.69) is 0 Å². The summed E-state index contributed by atoms with van der Waals surface area (Å²) in [5.74, 6) is 0.694.